The molecule has 1 aromatic carbocycles. The summed E-state index contributed by atoms with van der Waals surface area (Å²) in [5.74, 6) is -0.508. The number of hydrogen-bond donors (Lipinski definition) is 5. The number of hydrogen-bond acceptors (Lipinski definition) is 5. The average Bonchev–Trinajstić information content (AvgIpc) is 3.30. The molecule has 0 spiro atoms. The van der Waals surface area contributed by atoms with Crippen LogP contribution in [0.5, 0.6) is 0 Å². The van der Waals surface area contributed by atoms with Crippen molar-refractivity contribution in [2.45, 2.75) is 25.8 Å². The van der Waals surface area contributed by atoms with E-state index in [1.54, 1.807) is 25.5 Å². The van der Waals surface area contributed by atoms with Gasteiger partial charge in [-0.3, -0.25) is 15.2 Å². The molecule has 1 amide bonds. The summed E-state index contributed by atoms with van der Waals surface area (Å²) in [6.45, 7) is 1.71. The second-order valence-corrected chi connectivity index (χ2v) is 6.81. The van der Waals surface area contributed by atoms with E-state index in [-0.39, 0.29) is 18.4 Å². The number of H-pyrrole nitrogens is 1. The molecule has 0 saturated heterocycles. The van der Waals surface area contributed by atoms with Crippen LogP contribution in [-0.4, -0.2) is 47.6 Å². The molecule has 7 nitrogen and oxygen atoms in total. The summed E-state index contributed by atoms with van der Waals surface area (Å²) in [6.07, 6.45) is 7.72. The molecule has 1 atom stereocenters. The maximum Gasteiger partial charge on any atom is 0.269 e. The van der Waals surface area contributed by atoms with E-state index in [1.807, 2.05) is 43.3 Å². The minimum absolute atomic E-state index is 0.156. The maximum atomic E-state index is 12.3. The Morgan fingerprint density at radius 1 is 1.33 bits per heavy atom. The molecule has 1 aromatic heterocycles. The van der Waals surface area contributed by atoms with Gasteiger partial charge in [0.15, 0.2) is 0 Å². The number of nitrogens with zero attached hydrogens (tertiary/aromatic N) is 1. The third-order valence-corrected chi connectivity index (χ3v) is 4.69. The zero-order valence-corrected chi connectivity index (χ0v) is 17.4. The number of aliphatic hydroxyl groups is 1. The van der Waals surface area contributed by atoms with E-state index in [0.29, 0.717) is 12.8 Å². The summed E-state index contributed by atoms with van der Waals surface area (Å²) in [4.78, 5) is 19.5. The van der Waals surface area contributed by atoms with E-state index < -0.39 is 5.91 Å². The quantitative estimate of drug-likeness (QED) is 0.388. The summed E-state index contributed by atoms with van der Waals surface area (Å²) in [5, 5.41) is 20.1. The zero-order valence-electron chi connectivity index (χ0n) is 17.4. The third kappa shape index (κ3) is 6.28. The number of aliphatic hydroxyl groups excluding tert-OH is 1. The summed E-state index contributed by atoms with van der Waals surface area (Å²) < 4.78 is 0. The molecule has 2 rings (SSSR count). The third-order valence-electron chi connectivity index (χ3n) is 4.69. The fourth-order valence-corrected chi connectivity index (χ4v) is 2.92. The van der Waals surface area contributed by atoms with Gasteiger partial charge in [0, 0.05) is 36.9 Å². The monoisotopic (exact) mass is 407 g/mol. The smallest absolute Gasteiger partial charge is 0.269 e. The topological polar surface area (TPSA) is 127 Å². The number of aromatic nitrogens is 1. The van der Waals surface area contributed by atoms with Crippen molar-refractivity contribution in [3.8, 4) is 0 Å². The largest absolute Gasteiger partial charge is 0.404 e. The predicted octanol–water partition coefficient (Wildman–Crippen LogP) is 2.55. The molecule has 0 aliphatic heterocycles. The van der Waals surface area contributed by atoms with Crippen LogP contribution in [0.3, 0.4) is 0 Å². The van der Waals surface area contributed by atoms with Gasteiger partial charge in [-0.15, -0.1) is 0 Å². The number of nitrogens with one attached hydrogen (secondary N) is 3. The summed E-state index contributed by atoms with van der Waals surface area (Å²) in [7, 11) is 1.69. The van der Waals surface area contributed by atoms with Gasteiger partial charge >= 0.3 is 0 Å². The van der Waals surface area contributed by atoms with Gasteiger partial charge in [-0.1, -0.05) is 31.2 Å². The SMILES string of the molecule is CCC(CO)NC(=O)C(=N)/C=C(/Cc1ccc(/C(C=NC)=C/N)cc1)c1ccc[nH]1. The number of allylic oxidation sites excluding steroid dienone is 2. The van der Waals surface area contributed by atoms with Gasteiger partial charge in [-0.25, -0.2) is 0 Å². The van der Waals surface area contributed by atoms with Gasteiger partial charge in [-0.2, -0.15) is 0 Å². The first-order valence-electron chi connectivity index (χ1n) is 9.80. The first-order valence-corrected chi connectivity index (χ1v) is 9.80. The number of amides is 1. The van der Waals surface area contributed by atoms with Crippen LogP contribution in [0.2, 0.25) is 0 Å². The highest BCUT2D eigenvalue weighted by atomic mass is 16.3. The number of aliphatic imine (C=N–C) groups is 1. The van der Waals surface area contributed by atoms with Gasteiger partial charge in [-0.05, 0) is 47.8 Å². The standard InChI is InChI=1S/C23H29N5O2/c1-3-20(15-29)28-23(30)21(25)12-18(22-5-4-10-27-22)11-16-6-8-17(9-7-16)19(13-24)14-26-2/h4-10,12-14,20,25,27,29H,3,11,15,24H2,1-2H3,(H,28,30)/b18-12-,19-13+,25-21?,26-14?. The summed E-state index contributed by atoms with van der Waals surface area (Å²) in [6, 6.07) is 11.3. The minimum Gasteiger partial charge on any atom is -0.404 e. The Hall–Kier alpha value is -3.45. The van der Waals surface area contributed by atoms with E-state index >= 15 is 0 Å². The van der Waals surface area contributed by atoms with E-state index in [4.69, 9.17) is 11.1 Å². The highest BCUT2D eigenvalue weighted by Gasteiger charge is 2.14. The Bertz CT molecular complexity index is 921. The average molecular weight is 408 g/mol. The second kappa shape index (κ2) is 11.5. The molecule has 6 N–H and O–H groups in total. The molecule has 7 heteroatoms. The molecule has 30 heavy (non-hydrogen) atoms. The molecule has 1 unspecified atom stereocenters. The Labute approximate surface area is 176 Å². The van der Waals surface area contributed by atoms with Crippen LogP contribution in [-0.2, 0) is 11.2 Å². The van der Waals surface area contributed by atoms with E-state index in [2.05, 4.69) is 15.3 Å². The van der Waals surface area contributed by atoms with Crippen LogP contribution in [0.15, 0.2) is 59.9 Å². The van der Waals surface area contributed by atoms with Crippen molar-refractivity contribution in [3.05, 3.63) is 71.7 Å². The van der Waals surface area contributed by atoms with E-state index in [0.717, 1.165) is 28.0 Å². The lowest BCUT2D eigenvalue weighted by molar-refractivity contribution is -0.115. The number of aromatic amines is 1. The number of nitrogens with two attached hydrogens (primary N) is 1. The molecule has 0 saturated carbocycles. The molecular weight excluding hydrogens is 378 g/mol. The van der Waals surface area contributed by atoms with Crippen molar-refractivity contribution < 1.29 is 9.90 Å². The van der Waals surface area contributed by atoms with Crippen molar-refractivity contribution >= 4 is 29.0 Å². The predicted molar refractivity (Wildman–Crippen MR) is 123 cm³/mol. The summed E-state index contributed by atoms with van der Waals surface area (Å²) >= 11 is 0. The minimum atomic E-state index is -0.508. The Balaban J connectivity index is 2.23. The van der Waals surface area contributed by atoms with Crippen LogP contribution in [0, 0.1) is 5.41 Å². The molecule has 0 radical (unpaired) electrons. The molecule has 0 fully saturated rings. The first kappa shape index (κ1) is 22.8. The van der Waals surface area contributed by atoms with Crippen LogP contribution in [0.1, 0.15) is 30.2 Å². The van der Waals surface area contributed by atoms with Crippen LogP contribution >= 0.6 is 0 Å². The Morgan fingerprint density at radius 3 is 2.60 bits per heavy atom. The van der Waals surface area contributed by atoms with Crippen molar-refractivity contribution in [2.24, 2.45) is 10.7 Å². The van der Waals surface area contributed by atoms with Crippen molar-refractivity contribution in [1.82, 2.24) is 10.3 Å². The summed E-state index contributed by atoms with van der Waals surface area (Å²) in [5.41, 5.74) is 9.98. The second-order valence-electron chi connectivity index (χ2n) is 6.81. The van der Waals surface area contributed by atoms with Gasteiger partial charge in [0.1, 0.15) is 5.71 Å². The zero-order chi connectivity index (χ0) is 21.9. The van der Waals surface area contributed by atoms with E-state index in [9.17, 15) is 9.90 Å². The van der Waals surface area contributed by atoms with Crippen molar-refractivity contribution in [2.75, 3.05) is 13.7 Å². The van der Waals surface area contributed by atoms with Crippen molar-refractivity contribution in [3.63, 3.8) is 0 Å². The molecule has 0 aliphatic carbocycles. The lowest BCUT2D eigenvalue weighted by Gasteiger charge is -2.14. The van der Waals surface area contributed by atoms with Crippen LogP contribution in [0.4, 0.5) is 0 Å². The number of benzene rings is 1. The lowest BCUT2D eigenvalue weighted by atomic mass is 9.98. The Kier molecular flexibility index (Phi) is 8.77. The maximum absolute atomic E-state index is 12.3. The van der Waals surface area contributed by atoms with E-state index in [1.165, 1.54) is 6.20 Å². The highest BCUT2D eigenvalue weighted by molar-refractivity contribution is 6.43. The highest BCUT2D eigenvalue weighted by Crippen LogP contribution is 2.20. The van der Waals surface area contributed by atoms with Gasteiger partial charge in [0.05, 0.1) is 12.6 Å². The van der Waals surface area contributed by atoms with Gasteiger partial charge in [0.25, 0.3) is 5.91 Å². The van der Waals surface area contributed by atoms with Crippen LogP contribution < -0.4 is 11.1 Å². The molecule has 0 bridgehead atoms. The van der Waals surface area contributed by atoms with Crippen molar-refractivity contribution in [1.29, 1.82) is 5.41 Å². The molecule has 2 aromatic rings. The molecular formula is C23H29N5O2. The number of rotatable bonds is 10. The number of carbonyl (C=O) groups is 1. The molecule has 158 valence electrons. The lowest BCUT2D eigenvalue weighted by Crippen LogP contribution is -2.40. The normalized spacial score (nSPS) is 13.4. The Morgan fingerprint density at radius 2 is 2.07 bits per heavy atom. The molecule has 1 heterocycles. The molecule has 0 aliphatic rings. The fraction of sp³-hybridized carbons (Fsp3) is 0.261. The van der Waals surface area contributed by atoms with Gasteiger partial charge in [0.2, 0.25) is 0 Å². The van der Waals surface area contributed by atoms with Crippen LogP contribution in [0.25, 0.3) is 11.1 Å². The number of carbonyl (C=O) groups excluding carboxylic acids is 1. The fourth-order valence-electron chi connectivity index (χ4n) is 2.92. The first-order chi connectivity index (χ1) is 14.5. The van der Waals surface area contributed by atoms with Gasteiger partial charge < -0.3 is 21.1 Å².